The van der Waals surface area contributed by atoms with E-state index < -0.39 is 17.6 Å². The molecule has 1 aliphatic rings. The fourth-order valence-electron chi connectivity index (χ4n) is 4.59. The molecule has 1 unspecified atom stereocenters. The molecule has 3 aromatic rings. The lowest BCUT2D eigenvalue weighted by molar-refractivity contribution is -0.137. The summed E-state index contributed by atoms with van der Waals surface area (Å²) in [6, 6.07) is 17.0. The van der Waals surface area contributed by atoms with Crippen molar-refractivity contribution in [1.29, 1.82) is 0 Å². The molecule has 1 aliphatic heterocycles. The summed E-state index contributed by atoms with van der Waals surface area (Å²) >= 11 is 0. The number of anilines is 3. The summed E-state index contributed by atoms with van der Waals surface area (Å²) in [5, 5.41) is 5.62. The molecule has 7 nitrogen and oxygen atoms in total. The number of para-hydroxylation sites is 2. The van der Waals surface area contributed by atoms with Crippen LogP contribution in [0, 0.1) is 0 Å². The molecule has 0 spiro atoms. The summed E-state index contributed by atoms with van der Waals surface area (Å²) in [6.45, 7) is 6.59. The Bertz CT molecular complexity index is 1350. The highest BCUT2D eigenvalue weighted by atomic mass is 19.4. The molecule has 1 saturated heterocycles. The van der Waals surface area contributed by atoms with E-state index in [1.165, 1.54) is 12.1 Å². The zero-order valence-corrected chi connectivity index (χ0v) is 22.7. The summed E-state index contributed by atoms with van der Waals surface area (Å²) in [5.74, 6) is -0.185. The lowest BCUT2D eigenvalue weighted by Gasteiger charge is -2.38. The summed E-state index contributed by atoms with van der Waals surface area (Å²) in [6.07, 6.45) is -3.82. The lowest BCUT2D eigenvalue weighted by atomic mass is 10.1. The molecule has 0 bridgehead atoms. The first kappa shape index (κ1) is 28.8. The minimum absolute atomic E-state index is 0.0638. The molecular weight excluding hydrogens is 521 g/mol. The summed E-state index contributed by atoms with van der Waals surface area (Å²) < 4.78 is 44.9. The minimum atomic E-state index is -4.56. The van der Waals surface area contributed by atoms with E-state index >= 15 is 0 Å². The first-order valence-electron chi connectivity index (χ1n) is 13.2. The van der Waals surface area contributed by atoms with E-state index in [1.807, 2.05) is 38.1 Å². The van der Waals surface area contributed by atoms with Crippen LogP contribution in [0.5, 0.6) is 5.75 Å². The van der Waals surface area contributed by atoms with Gasteiger partial charge < -0.3 is 25.2 Å². The number of carbonyl (C=O) groups excluding carboxylic acids is 2. The van der Waals surface area contributed by atoms with Crippen LogP contribution < -0.4 is 25.2 Å². The molecule has 10 heteroatoms. The number of nitrogens with one attached hydrogen (secondary N) is 2. The molecule has 3 aromatic carbocycles. The third kappa shape index (κ3) is 6.67. The van der Waals surface area contributed by atoms with Crippen molar-refractivity contribution in [2.24, 2.45) is 0 Å². The van der Waals surface area contributed by atoms with Crippen LogP contribution >= 0.6 is 0 Å². The molecular formula is C30H33F3N4O3. The molecule has 0 saturated carbocycles. The maximum absolute atomic E-state index is 13.3. The van der Waals surface area contributed by atoms with Crippen LogP contribution in [0.1, 0.15) is 46.5 Å². The van der Waals surface area contributed by atoms with Crippen molar-refractivity contribution in [3.63, 3.8) is 0 Å². The molecule has 1 atom stereocenters. The van der Waals surface area contributed by atoms with Gasteiger partial charge in [-0.25, -0.2) is 0 Å². The Morgan fingerprint density at radius 3 is 2.23 bits per heavy atom. The highest BCUT2D eigenvalue weighted by molar-refractivity contribution is 6.06. The maximum atomic E-state index is 13.3. The second-order valence-corrected chi connectivity index (χ2v) is 9.69. The van der Waals surface area contributed by atoms with Gasteiger partial charge in [-0.2, -0.15) is 13.2 Å². The van der Waals surface area contributed by atoms with Crippen LogP contribution in [0.3, 0.4) is 0 Å². The Kier molecular flexibility index (Phi) is 8.86. The van der Waals surface area contributed by atoms with Gasteiger partial charge in [-0.3, -0.25) is 9.59 Å². The second-order valence-electron chi connectivity index (χ2n) is 9.69. The summed E-state index contributed by atoms with van der Waals surface area (Å²) in [7, 11) is 1.64. The van der Waals surface area contributed by atoms with Crippen molar-refractivity contribution in [2.45, 2.75) is 32.5 Å². The van der Waals surface area contributed by atoms with Gasteiger partial charge >= 0.3 is 6.18 Å². The van der Waals surface area contributed by atoms with Crippen LogP contribution in [-0.2, 0) is 6.18 Å². The first-order chi connectivity index (χ1) is 19.1. The molecule has 2 amide bonds. The van der Waals surface area contributed by atoms with E-state index in [4.69, 9.17) is 4.74 Å². The van der Waals surface area contributed by atoms with Gasteiger partial charge in [-0.15, -0.1) is 0 Å². The number of alkyl halides is 3. The molecule has 2 N–H and O–H groups in total. The second kappa shape index (κ2) is 12.3. The predicted octanol–water partition coefficient (Wildman–Crippen LogP) is 5.82. The third-order valence-corrected chi connectivity index (χ3v) is 6.99. The fraction of sp³-hybridized carbons (Fsp3) is 0.333. The Balaban J connectivity index is 1.56. The van der Waals surface area contributed by atoms with Crippen LogP contribution in [0.4, 0.5) is 30.2 Å². The number of hydrogen-bond donors (Lipinski definition) is 2. The molecule has 1 heterocycles. The lowest BCUT2D eigenvalue weighted by Crippen LogP contribution is -2.47. The average Bonchev–Trinajstić information content (AvgIpc) is 2.96. The Labute approximate surface area is 231 Å². The molecule has 212 valence electrons. The van der Waals surface area contributed by atoms with Crippen molar-refractivity contribution >= 4 is 28.9 Å². The third-order valence-electron chi connectivity index (χ3n) is 6.99. The van der Waals surface area contributed by atoms with Gasteiger partial charge in [-0.1, -0.05) is 25.1 Å². The number of carbonyl (C=O) groups is 2. The number of methoxy groups -OCH3 is 1. The van der Waals surface area contributed by atoms with Gasteiger partial charge in [0.1, 0.15) is 5.75 Å². The largest absolute Gasteiger partial charge is 0.495 e. The van der Waals surface area contributed by atoms with Crippen LogP contribution in [-0.4, -0.2) is 51.1 Å². The van der Waals surface area contributed by atoms with E-state index in [-0.39, 0.29) is 17.5 Å². The number of nitrogens with zero attached hydrogens (tertiary/aromatic N) is 2. The highest BCUT2D eigenvalue weighted by Crippen LogP contribution is 2.32. The van der Waals surface area contributed by atoms with E-state index in [2.05, 4.69) is 20.4 Å². The van der Waals surface area contributed by atoms with E-state index in [9.17, 15) is 22.8 Å². The number of amides is 2. The normalized spacial score (nSPS) is 14.4. The van der Waals surface area contributed by atoms with E-state index in [1.54, 1.807) is 25.3 Å². The Morgan fingerprint density at radius 1 is 0.900 bits per heavy atom. The zero-order valence-electron chi connectivity index (χ0n) is 22.7. The number of ether oxygens (including phenoxy) is 1. The number of halogens is 3. The van der Waals surface area contributed by atoms with Crippen LogP contribution in [0.2, 0.25) is 0 Å². The van der Waals surface area contributed by atoms with Crippen LogP contribution in [0.15, 0.2) is 66.7 Å². The minimum Gasteiger partial charge on any atom is -0.495 e. The first-order valence-corrected chi connectivity index (χ1v) is 13.2. The number of benzene rings is 3. The fourth-order valence-corrected chi connectivity index (χ4v) is 4.59. The Hall–Kier alpha value is -4.21. The molecule has 4 rings (SSSR count). The van der Waals surface area contributed by atoms with Gasteiger partial charge in [0.05, 0.1) is 23.9 Å². The van der Waals surface area contributed by atoms with Crippen molar-refractivity contribution in [2.75, 3.05) is 48.4 Å². The zero-order chi connectivity index (χ0) is 28.9. The van der Waals surface area contributed by atoms with Gasteiger partial charge in [0.2, 0.25) is 0 Å². The predicted molar refractivity (Wildman–Crippen MR) is 150 cm³/mol. The molecule has 40 heavy (non-hydrogen) atoms. The molecule has 0 aliphatic carbocycles. The summed E-state index contributed by atoms with van der Waals surface area (Å²) in [5.41, 5.74) is 1.39. The van der Waals surface area contributed by atoms with Crippen molar-refractivity contribution in [3.05, 3.63) is 83.4 Å². The van der Waals surface area contributed by atoms with Gasteiger partial charge in [0.15, 0.2) is 0 Å². The van der Waals surface area contributed by atoms with Crippen LogP contribution in [0.25, 0.3) is 0 Å². The number of piperazine rings is 1. The molecule has 0 aromatic heterocycles. The van der Waals surface area contributed by atoms with Gasteiger partial charge in [-0.05, 0) is 61.9 Å². The standard InChI is InChI=1S/C30H33F3N4O3/c1-4-20(2)34-29(39)24-19-23(35-28(38)21-8-7-9-22(18-21)30(31,32)33)12-13-25(24)36-14-16-37(17-15-36)26-10-5-6-11-27(26)40-3/h5-13,18-20H,4,14-17H2,1-3H3,(H,34,39)(H,35,38). The molecule has 0 radical (unpaired) electrons. The quantitative estimate of drug-likeness (QED) is 0.367. The van der Waals surface area contributed by atoms with Crippen molar-refractivity contribution in [3.8, 4) is 5.75 Å². The van der Waals surface area contributed by atoms with E-state index in [0.29, 0.717) is 37.4 Å². The number of rotatable bonds is 8. The molecule has 1 fully saturated rings. The van der Waals surface area contributed by atoms with E-state index in [0.717, 1.165) is 35.7 Å². The monoisotopic (exact) mass is 554 g/mol. The van der Waals surface area contributed by atoms with Gasteiger partial charge in [0, 0.05) is 49.2 Å². The van der Waals surface area contributed by atoms with Crippen molar-refractivity contribution < 1.29 is 27.5 Å². The van der Waals surface area contributed by atoms with Crippen molar-refractivity contribution in [1.82, 2.24) is 5.32 Å². The van der Waals surface area contributed by atoms with Gasteiger partial charge in [0.25, 0.3) is 11.8 Å². The maximum Gasteiger partial charge on any atom is 0.416 e. The Morgan fingerprint density at radius 2 is 1.57 bits per heavy atom. The topological polar surface area (TPSA) is 73.9 Å². The summed E-state index contributed by atoms with van der Waals surface area (Å²) in [4.78, 5) is 30.5. The highest BCUT2D eigenvalue weighted by Gasteiger charge is 2.31. The average molecular weight is 555 g/mol. The SMILES string of the molecule is CCC(C)NC(=O)c1cc(NC(=O)c2cccc(C(F)(F)F)c2)ccc1N1CCN(c2ccccc2OC)CC1. The number of hydrogen-bond acceptors (Lipinski definition) is 5. The smallest absolute Gasteiger partial charge is 0.416 e.